The van der Waals surface area contributed by atoms with Gasteiger partial charge in [-0.1, -0.05) is 62.9 Å². The number of esters is 1. The van der Waals surface area contributed by atoms with Crippen molar-refractivity contribution < 1.29 is 38.9 Å². The maximum Gasteiger partial charge on any atom is 0.343 e. The van der Waals surface area contributed by atoms with Gasteiger partial charge in [0.1, 0.15) is 23.8 Å². The van der Waals surface area contributed by atoms with Crippen LogP contribution in [0.15, 0.2) is 97.1 Å². The largest absolute Gasteiger partial charge is 0.508 e. The average Bonchev–Trinajstić information content (AvgIpc) is 3.08. The van der Waals surface area contributed by atoms with E-state index in [9.17, 15) is 29.4 Å². The van der Waals surface area contributed by atoms with E-state index in [0.717, 1.165) is 12.8 Å². The SMILES string of the molecule is CCCCCCCOc1ccc(C(=O)Oc2ccc(CN(CC(=O)O)C(=O)c3ccc(NC(=O)Cc4ccccc4O)cc3)cc2)cc1. The van der Waals surface area contributed by atoms with Crippen LogP contribution in [0.5, 0.6) is 17.2 Å². The number of aromatic hydroxyl groups is 1. The van der Waals surface area contributed by atoms with Crippen molar-refractivity contribution in [3.8, 4) is 17.2 Å². The van der Waals surface area contributed by atoms with Gasteiger partial charge in [-0.2, -0.15) is 0 Å². The number of para-hydroxylation sites is 1. The summed E-state index contributed by atoms with van der Waals surface area (Å²) in [5, 5.41) is 22.1. The number of nitrogens with one attached hydrogen (secondary N) is 1. The number of carbonyl (C=O) groups excluding carboxylic acids is 3. The molecule has 0 saturated carbocycles. The first kappa shape index (κ1) is 35.2. The van der Waals surface area contributed by atoms with Crippen LogP contribution in [0, 0.1) is 0 Å². The molecule has 0 unspecified atom stereocenters. The number of carboxylic acids is 1. The second-order valence-corrected chi connectivity index (χ2v) is 11.3. The molecule has 0 saturated heterocycles. The normalized spacial score (nSPS) is 10.6. The molecule has 10 nitrogen and oxygen atoms in total. The summed E-state index contributed by atoms with van der Waals surface area (Å²) < 4.78 is 11.3. The maximum atomic E-state index is 13.3. The summed E-state index contributed by atoms with van der Waals surface area (Å²) in [7, 11) is 0. The van der Waals surface area contributed by atoms with Crippen molar-refractivity contribution in [1.82, 2.24) is 4.90 Å². The number of hydrogen-bond acceptors (Lipinski definition) is 7. The van der Waals surface area contributed by atoms with Gasteiger partial charge in [0.2, 0.25) is 5.91 Å². The van der Waals surface area contributed by atoms with E-state index in [-0.39, 0.29) is 30.2 Å². The number of hydrogen-bond donors (Lipinski definition) is 3. The lowest BCUT2D eigenvalue weighted by Gasteiger charge is -2.21. The molecule has 0 spiro atoms. The Kier molecular flexibility index (Phi) is 13.1. The Balaban J connectivity index is 1.30. The highest BCUT2D eigenvalue weighted by atomic mass is 16.5. The van der Waals surface area contributed by atoms with Gasteiger partial charge in [0, 0.05) is 23.4 Å². The number of phenols is 1. The first-order valence-electron chi connectivity index (χ1n) is 15.9. The fourth-order valence-corrected chi connectivity index (χ4v) is 4.91. The fourth-order valence-electron chi connectivity index (χ4n) is 4.91. The maximum absolute atomic E-state index is 13.3. The predicted molar refractivity (Wildman–Crippen MR) is 181 cm³/mol. The van der Waals surface area contributed by atoms with Gasteiger partial charge in [0.25, 0.3) is 5.91 Å². The highest BCUT2D eigenvalue weighted by Gasteiger charge is 2.20. The molecule has 0 aliphatic rings. The quantitative estimate of drug-likeness (QED) is 0.0637. The molecule has 250 valence electrons. The van der Waals surface area contributed by atoms with Crippen molar-refractivity contribution >= 4 is 29.4 Å². The number of ether oxygens (including phenoxy) is 2. The number of rotatable bonds is 17. The summed E-state index contributed by atoms with van der Waals surface area (Å²) in [5.41, 5.74) is 2.17. The van der Waals surface area contributed by atoms with Crippen molar-refractivity contribution in [2.75, 3.05) is 18.5 Å². The number of unbranched alkanes of at least 4 members (excludes halogenated alkanes) is 4. The van der Waals surface area contributed by atoms with Crippen LogP contribution >= 0.6 is 0 Å². The van der Waals surface area contributed by atoms with Gasteiger partial charge in [-0.3, -0.25) is 14.4 Å². The molecular formula is C38H40N2O8. The molecule has 0 heterocycles. The van der Waals surface area contributed by atoms with Crippen molar-refractivity contribution in [3.63, 3.8) is 0 Å². The topological polar surface area (TPSA) is 142 Å². The molecule has 4 rings (SSSR count). The van der Waals surface area contributed by atoms with Gasteiger partial charge in [0.05, 0.1) is 18.6 Å². The van der Waals surface area contributed by atoms with E-state index in [2.05, 4.69) is 12.2 Å². The van der Waals surface area contributed by atoms with Crippen LogP contribution in [0.25, 0.3) is 0 Å². The summed E-state index contributed by atoms with van der Waals surface area (Å²) >= 11 is 0. The molecule has 0 atom stereocenters. The second-order valence-electron chi connectivity index (χ2n) is 11.3. The summed E-state index contributed by atoms with van der Waals surface area (Å²) in [6, 6.07) is 25.9. The number of nitrogens with zero attached hydrogens (tertiary/aromatic N) is 1. The Morgan fingerprint density at radius 1 is 0.750 bits per heavy atom. The number of benzene rings is 4. The Hall–Kier alpha value is -5.64. The van der Waals surface area contributed by atoms with Gasteiger partial charge in [-0.05, 0) is 78.7 Å². The Labute approximate surface area is 279 Å². The fraction of sp³-hybridized carbons (Fsp3) is 0.263. The number of phenolic OH excluding ortho intramolecular Hbond substituents is 1. The van der Waals surface area contributed by atoms with Crippen molar-refractivity contribution in [2.24, 2.45) is 0 Å². The highest BCUT2D eigenvalue weighted by Crippen LogP contribution is 2.20. The Bertz CT molecular complexity index is 1670. The van der Waals surface area contributed by atoms with E-state index in [1.165, 1.54) is 42.4 Å². The Morgan fingerprint density at radius 3 is 2.06 bits per heavy atom. The molecule has 4 aromatic carbocycles. The third-order valence-corrected chi connectivity index (χ3v) is 7.49. The zero-order chi connectivity index (χ0) is 34.3. The first-order valence-corrected chi connectivity index (χ1v) is 15.9. The standard InChI is InChI=1S/C38H40N2O8/c1-2-3-4-5-8-23-47-32-21-15-29(16-22-32)38(46)48-33-19-11-27(12-20-33)25-40(26-36(43)44)37(45)28-13-17-31(18-14-28)39-35(42)24-30-9-6-7-10-34(30)41/h6-7,9-22,41H,2-5,8,23-26H2,1H3,(H,39,42)(H,43,44). The van der Waals surface area contributed by atoms with E-state index in [4.69, 9.17) is 9.47 Å². The monoisotopic (exact) mass is 652 g/mol. The van der Waals surface area contributed by atoms with E-state index in [0.29, 0.717) is 40.5 Å². The molecule has 2 amide bonds. The van der Waals surface area contributed by atoms with Crippen molar-refractivity contribution in [2.45, 2.75) is 52.0 Å². The van der Waals surface area contributed by atoms with E-state index in [1.807, 2.05) is 0 Å². The van der Waals surface area contributed by atoms with E-state index < -0.39 is 24.4 Å². The molecule has 0 bridgehead atoms. The van der Waals surface area contributed by atoms with Gasteiger partial charge in [-0.15, -0.1) is 0 Å². The molecule has 3 N–H and O–H groups in total. The lowest BCUT2D eigenvalue weighted by molar-refractivity contribution is -0.137. The third kappa shape index (κ3) is 11.0. The molecule has 0 aliphatic carbocycles. The summed E-state index contributed by atoms with van der Waals surface area (Å²) in [4.78, 5) is 51.1. The third-order valence-electron chi connectivity index (χ3n) is 7.49. The molecule has 4 aromatic rings. The molecule has 48 heavy (non-hydrogen) atoms. The minimum absolute atomic E-state index is 0.00151. The van der Waals surface area contributed by atoms with Gasteiger partial charge in [0.15, 0.2) is 0 Å². The lowest BCUT2D eigenvalue weighted by Crippen LogP contribution is -2.35. The minimum atomic E-state index is -1.18. The van der Waals surface area contributed by atoms with Crippen LogP contribution < -0.4 is 14.8 Å². The minimum Gasteiger partial charge on any atom is -0.508 e. The molecule has 0 aromatic heterocycles. The Morgan fingerprint density at radius 2 is 1.40 bits per heavy atom. The molecular weight excluding hydrogens is 612 g/mol. The highest BCUT2D eigenvalue weighted by molar-refractivity contribution is 5.97. The van der Waals surface area contributed by atoms with Crippen LogP contribution in [-0.2, 0) is 22.6 Å². The van der Waals surface area contributed by atoms with Crippen molar-refractivity contribution in [1.29, 1.82) is 0 Å². The van der Waals surface area contributed by atoms with Crippen LogP contribution in [0.3, 0.4) is 0 Å². The average molecular weight is 653 g/mol. The number of anilines is 1. The molecule has 0 fully saturated rings. The summed E-state index contributed by atoms with van der Waals surface area (Å²) in [6.45, 7) is 2.27. The predicted octanol–water partition coefficient (Wildman–Crippen LogP) is 6.87. The lowest BCUT2D eigenvalue weighted by atomic mass is 10.1. The number of carbonyl (C=O) groups is 4. The molecule has 0 aliphatic heterocycles. The number of amides is 2. The van der Waals surface area contributed by atoms with Gasteiger partial charge >= 0.3 is 11.9 Å². The summed E-state index contributed by atoms with van der Waals surface area (Å²) in [6.07, 6.45) is 5.71. The second kappa shape index (κ2) is 17.9. The number of aliphatic carboxylic acids is 1. The summed E-state index contributed by atoms with van der Waals surface area (Å²) in [5.74, 6) is -1.55. The van der Waals surface area contributed by atoms with Crippen molar-refractivity contribution in [3.05, 3.63) is 119 Å². The van der Waals surface area contributed by atoms with Crippen LogP contribution in [-0.4, -0.2) is 52.0 Å². The van der Waals surface area contributed by atoms with Crippen LogP contribution in [0.4, 0.5) is 5.69 Å². The first-order chi connectivity index (χ1) is 23.2. The zero-order valence-electron chi connectivity index (χ0n) is 26.9. The van der Waals surface area contributed by atoms with Crippen LogP contribution in [0.2, 0.25) is 0 Å². The van der Waals surface area contributed by atoms with Gasteiger partial charge in [-0.25, -0.2) is 4.79 Å². The van der Waals surface area contributed by atoms with Crippen LogP contribution in [0.1, 0.15) is 70.9 Å². The number of carboxylic acid groups (broad SMARTS) is 1. The van der Waals surface area contributed by atoms with E-state index in [1.54, 1.807) is 78.9 Å². The molecule has 10 heteroatoms. The smallest absolute Gasteiger partial charge is 0.343 e. The molecule has 0 radical (unpaired) electrons. The van der Waals surface area contributed by atoms with Gasteiger partial charge < -0.3 is 29.9 Å². The van der Waals surface area contributed by atoms with E-state index >= 15 is 0 Å². The zero-order valence-corrected chi connectivity index (χ0v) is 26.9.